The number of hydrogen-bond acceptors (Lipinski definition) is 1. The Labute approximate surface area is 94.2 Å². The topological polar surface area (TPSA) is 3.24 Å². The van der Waals surface area contributed by atoms with Crippen molar-refractivity contribution in [2.75, 3.05) is 11.4 Å². The lowest BCUT2D eigenvalue weighted by atomic mass is 10.0. The van der Waals surface area contributed by atoms with Crippen LogP contribution in [0.1, 0.15) is 25.8 Å². The lowest BCUT2D eigenvalue weighted by molar-refractivity contribution is 0.625. The molecule has 0 bridgehead atoms. The summed E-state index contributed by atoms with van der Waals surface area (Å²) in [7, 11) is 0. The van der Waals surface area contributed by atoms with Crippen molar-refractivity contribution in [3.63, 3.8) is 0 Å². The fourth-order valence-corrected chi connectivity index (χ4v) is 2.54. The Morgan fingerprint density at radius 1 is 1.36 bits per heavy atom. The third kappa shape index (κ3) is 1.81. The Balaban J connectivity index is 2.40. The van der Waals surface area contributed by atoms with E-state index in [4.69, 9.17) is 0 Å². The number of anilines is 1. The molecule has 0 amide bonds. The van der Waals surface area contributed by atoms with Gasteiger partial charge in [0.2, 0.25) is 0 Å². The lowest BCUT2D eigenvalue weighted by Crippen LogP contribution is -2.35. The number of halogens is 1. The molecular formula is C12H16BrN. The molecular weight excluding hydrogens is 238 g/mol. The monoisotopic (exact) mass is 253 g/mol. The van der Waals surface area contributed by atoms with E-state index in [1.165, 1.54) is 35.1 Å². The second-order valence-corrected chi connectivity index (χ2v) is 5.08. The van der Waals surface area contributed by atoms with Crippen LogP contribution in [-0.4, -0.2) is 12.6 Å². The molecule has 1 aliphatic heterocycles. The summed E-state index contributed by atoms with van der Waals surface area (Å²) < 4.78 is 1.20. The summed E-state index contributed by atoms with van der Waals surface area (Å²) in [5.41, 5.74) is 2.91. The van der Waals surface area contributed by atoms with Gasteiger partial charge in [-0.05, 0) is 50.5 Å². The average Bonchev–Trinajstić information content (AvgIpc) is 2.16. The van der Waals surface area contributed by atoms with E-state index in [1.807, 2.05) is 0 Å². The summed E-state index contributed by atoms with van der Waals surface area (Å²) in [6.07, 6.45) is 2.50. The van der Waals surface area contributed by atoms with Crippen molar-refractivity contribution in [1.29, 1.82) is 0 Å². The molecule has 0 fully saturated rings. The van der Waals surface area contributed by atoms with Crippen LogP contribution in [0, 0.1) is 0 Å². The highest BCUT2D eigenvalue weighted by atomic mass is 79.9. The van der Waals surface area contributed by atoms with Gasteiger partial charge in [-0.15, -0.1) is 0 Å². The first-order valence-corrected chi connectivity index (χ1v) is 6.03. The molecule has 1 heterocycles. The highest BCUT2D eigenvalue weighted by Crippen LogP contribution is 2.30. The minimum Gasteiger partial charge on any atom is -0.369 e. The van der Waals surface area contributed by atoms with Gasteiger partial charge in [0.25, 0.3) is 0 Å². The molecule has 0 radical (unpaired) electrons. The number of rotatable bonds is 1. The van der Waals surface area contributed by atoms with Crippen LogP contribution in [-0.2, 0) is 6.42 Å². The highest BCUT2D eigenvalue weighted by molar-refractivity contribution is 9.10. The zero-order valence-electron chi connectivity index (χ0n) is 8.76. The van der Waals surface area contributed by atoms with Crippen LogP contribution in [0.5, 0.6) is 0 Å². The van der Waals surface area contributed by atoms with E-state index in [9.17, 15) is 0 Å². The minimum atomic E-state index is 0.607. The summed E-state index contributed by atoms with van der Waals surface area (Å²) in [5, 5.41) is 0. The molecule has 0 N–H and O–H groups in total. The third-order valence-electron chi connectivity index (χ3n) is 2.82. The number of aryl methyl sites for hydroxylation is 1. The molecule has 1 aromatic rings. The van der Waals surface area contributed by atoms with Crippen LogP contribution in [0.15, 0.2) is 22.7 Å². The van der Waals surface area contributed by atoms with Crippen LogP contribution >= 0.6 is 15.9 Å². The first-order chi connectivity index (χ1) is 6.68. The fourth-order valence-electron chi connectivity index (χ4n) is 2.13. The van der Waals surface area contributed by atoms with Crippen molar-refractivity contribution in [1.82, 2.24) is 0 Å². The molecule has 14 heavy (non-hydrogen) atoms. The number of hydrogen-bond donors (Lipinski definition) is 0. The standard InChI is InChI=1S/C12H16BrN/c1-9(2)14-7-3-4-10-8-11(13)5-6-12(10)14/h5-6,8-9H,3-4,7H2,1-2H3. The maximum Gasteiger partial charge on any atom is 0.0401 e. The average molecular weight is 254 g/mol. The fraction of sp³-hybridized carbons (Fsp3) is 0.500. The Bertz CT molecular complexity index is 333. The summed E-state index contributed by atoms with van der Waals surface area (Å²) in [6, 6.07) is 7.23. The molecule has 2 heteroatoms. The number of fused-ring (bicyclic) bond motifs is 1. The van der Waals surface area contributed by atoms with E-state index in [0.717, 1.165) is 0 Å². The van der Waals surface area contributed by atoms with Crippen molar-refractivity contribution >= 4 is 21.6 Å². The van der Waals surface area contributed by atoms with Crippen molar-refractivity contribution in [2.24, 2.45) is 0 Å². The lowest BCUT2D eigenvalue weighted by Gasteiger charge is -2.34. The van der Waals surface area contributed by atoms with Gasteiger partial charge in [0, 0.05) is 22.7 Å². The maximum atomic E-state index is 3.53. The predicted octanol–water partition coefficient (Wildman–Crippen LogP) is 3.61. The van der Waals surface area contributed by atoms with Crippen LogP contribution < -0.4 is 4.90 Å². The van der Waals surface area contributed by atoms with E-state index in [-0.39, 0.29) is 0 Å². The van der Waals surface area contributed by atoms with Gasteiger partial charge in [-0.3, -0.25) is 0 Å². The van der Waals surface area contributed by atoms with Crippen molar-refractivity contribution < 1.29 is 0 Å². The summed E-state index contributed by atoms with van der Waals surface area (Å²) in [6.45, 7) is 5.72. The maximum absolute atomic E-state index is 3.53. The van der Waals surface area contributed by atoms with Crippen molar-refractivity contribution in [3.8, 4) is 0 Å². The number of nitrogens with zero attached hydrogens (tertiary/aromatic N) is 1. The first kappa shape index (κ1) is 10.0. The van der Waals surface area contributed by atoms with Crippen LogP contribution in [0.3, 0.4) is 0 Å². The molecule has 1 aliphatic rings. The van der Waals surface area contributed by atoms with Gasteiger partial charge in [-0.25, -0.2) is 0 Å². The highest BCUT2D eigenvalue weighted by Gasteiger charge is 2.18. The number of benzene rings is 1. The summed E-state index contributed by atoms with van der Waals surface area (Å²) in [4.78, 5) is 2.49. The molecule has 0 unspecified atom stereocenters. The van der Waals surface area contributed by atoms with Crippen LogP contribution in [0.4, 0.5) is 5.69 Å². The zero-order chi connectivity index (χ0) is 10.1. The van der Waals surface area contributed by atoms with Crippen LogP contribution in [0.25, 0.3) is 0 Å². The van der Waals surface area contributed by atoms with Gasteiger partial charge in [0.1, 0.15) is 0 Å². The van der Waals surface area contributed by atoms with Gasteiger partial charge in [-0.2, -0.15) is 0 Å². The van der Waals surface area contributed by atoms with E-state index in [1.54, 1.807) is 0 Å². The van der Waals surface area contributed by atoms with Gasteiger partial charge in [0.15, 0.2) is 0 Å². The second kappa shape index (κ2) is 3.93. The second-order valence-electron chi connectivity index (χ2n) is 4.16. The largest absolute Gasteiger partial charge is 0.369 e. The Morgan fingerprint density at radius 3 is 2.86 bits per heavy atom. The van der Waals surface area contributed by atoms with Gasteiger partial charge >= 0.3 is 0 Å². The van der Waals surface area contributed by atoms with Crippen LogP contribution in [0.2, 0.25) is 0 Å². The molecule has 2 rings (SSSR count). The minimum absolute atomic E-state index is 0.607. The van der Waals surface area contributed by atoms with E-state index in [0.29, 0.717) is 6.04 Å². The Kier molecular flexibility index (Phi) is 2.82. The molecule has 0 atom stereocenters. The smallest absolute Gasteiger partial charge is 0.0401 e. The predicted molar refractivity (Wildman–Crippen MR) is 64.9 cm³/mol. The quantitative estimate of drug-likeness (QED) is 0.740. The van der Waals surface area contributed by atoms with Gasteiger partial charge in [-0.1, -0.05) is 15.9 Å². The van der Waals surface area contributed by atoms with Gasteiger partial charge in [0.05, 0.1) is 0 Å². The summed E-state index contributed by atoms with van der Waals surface area (Å²) in [5.74, 6) is 0. The molecule has 0 aliphatic carbocycles. The molecule has 0 spiro atoms. The SMILES string of the molecule is CC(C)N1CCCc2cc(Br)ccc21. The van der Waals surface area contributed by atoms with Crippen molar-refractivity contribution in [2.45, 2.75) is 32.7 Å². The molecule has 76 valence electrons. The molecule has 0 aromatic heterocycles. The molecule has 1 nitrogen and oxygen atoms in total. The van der Waals surface area contributed by atoms with E-state index >= 15 is 0 Å². The molecule has 0 saturated heterocycles. The van der Waals surface area contributed by atoms with Crippen molar-refractivity contribution in [3.05, 3.63) is 28.2 Å². The van der Waals surface area contributed by atoms with E-state index in [2.05, 4.69) is 52.9 Å². The Morgan fingerprint density at radius 2 is 2.14 bits per heavy atom. The third-order valence-corrected chi connectivity index (χ3v) is 3.31. The molecule has 0 saturated carbocycles. The summed E-state index contributed by atoms with van der Waals surface area (Å²) >= 11 is 3.53. The zero-order valence-corrected chi connectivity index (χ0v) is 10.3. The van der Waals surface area contributed by atoms with Gasteiger partial charge < -0.3 is 4.90 Å². The Hall–Kier alpha value is -0.500. The normalized spacial score (nSPS) is 15.9. The van der Waals surface area contributed by atoms with E-state index < -0.39 is 0 Å². The molecule has 1 aromatic carbocycles. The first-order valence-electron chi connectivity index (χ1n) is 5.23.